The summed E-state index contributed by atoms with van der Waals surface area (Å²) < 4.78 is 0. The quantitative estimate of drug-likeness (QED) is 0.162. The van der Waals surface area contributed by atoms with Crippen molar-refractivity contribution in [3.63, 3.8) is 0 Å². The number of anilines is 3. The second-order valence-electron chi connectivity index (χ2n) is 14.4. The summed E-state index contributed by atoms with van der Waals surface area (Å²) in [7, 11) is 0. The number of hydrogen-bond acceptors (Lipinski definition) is 1. The predicted molar refractivity (Wildman–Crippen MR) is 237 cm³/mol. The summed E-state index contributed by atoms with van der Waals surface area (Å²) in [6.45, 7) is 0. The molecule has 0 unspecified atom stereocenters. The van der Waals surface area contributed by atoms with Crippen LogP contribution in [0.5, 0.6) is 0 Å². The fourth-order valence-electron chi connectivity index (χ4n) is 8.95. The number of nitrogens with zero attached hydrogens (tertiary/aromatic N) is 1. The summed E-state index contributed by atoms with van der Waals surface area (Å²) in [5.74, 6) is 0. The van der Waals surface area contributed by atoms with Crippen LogP contribution in [-0.4, -0.2) is 0 Å². The van der Waals surface area contributed by atoms with Gasteiger partial charge in [-0.1, -0.05) is 188 Å². The van der Waals surface area contributed by atoms with Crippen molar-refractivity contribution in [1.29, 1.82) is 0 Å². The van der Waals surface area contributed by atoms with Crippen LogP contribution in [0.3, 0.4) is 0 Å². The summed E-state index contributed by atoms with van der Waals surface area (Å²) in [6.07, 6.45) is 0. The SMILES string of the molecule is c1ccc2c(-c3c(N(c4ccc(-c5cc6ccccc6c6ccccc56)cc4)c4cccc5ccccc45)c4ccccc4c4ccccc34)cccc2c1. The first kappa shape index (κ1) is 31.3. The van der Waals surface area contributed by atoms with E-state index in [1.165, 1.54) is 92.6 Å². The molecule has 256 valence electrons. The molecule has 0 amide bonds. The zero-order valence-corrected chi connectivity index (χ0v) is 30.2. The Hall–Kier alpha value is -7.22. The molecule has 0 saturated heterocycles. The molecule has 1 nitrogen and oxygen atoms in total. The van der Waals surface area contributed by atoms with E-state index in [1.54, 1.807) is 0 Å². The van der Waals surface area contributed by atoms with Crippen molar-refractivity contribution < 1.29 is 0 Å². The van der Waals surface area contributed by atoms with Crippen molar-refractivity contribution in [2.75, 3.05) is 4.90 Å². The van der Waals surface area contributed by atoms with Crippen LogP contribution in [0, 0.1) is 0 Å². The van der Waals surface area contributed by atoms with E-state index in [4.69, 9.17) is 0 Å². The summed E-state index contributed by atoms with van der Waals surface area (Å²) in [6, 6.07) is 78.0. The third-order valence-electron chi connectivity index (χ3n) is 11.4. The Morgan fingerprint density at radius 3 is 1.45 bits per heavy atom. The van der Waals surface area contributed by atoms with Crippen LogP contribution in [0.2, 0.25) is 0 Å². The van der Waals surface area contributed by atoms with Gasteiger partial charge in [0.05, 0.1) is 11.4 Å². The summed E-state index contributed by atoms with van der Waals surface area (Å²) in [5.41, 5.74) is 8.30. The van der Waals surface area contributed by atoms with E-state index < -0.39 is 0 Å². The predicted octanol–water partition coefficient (Wildman–Crippen LogP) is 15.4. The van der Waals surface area contributed by atoms with Crippen LogP contribution in [0.25, 0.3) is 86.9 Å². The fraction of sp³-hybridized carbons (Fsp3) is 0. The van der Waals surface area contributed by atoms with E-state index in [2.05, 4.69) is 217 Å². The minimum atomic E-state index is 1.10. The van der Waals surface area contributed by atoms with Gasteiger partial charge in [-0.2, -0.15) is 0 Å². The Morgan fingerprint density at radius 2 is 0.745 bits per heavy atom. The van der Waals surface area contributed by atoms with Crippen LogP contribution >= 0.6 is 0 Å². The smallest absolute Gasteiger partial charge is 0.0625 e. The molecule has 11 aromatic carbocycles. The minimum absolute atomic E-state index is 1.10. The van der Waals surface area contributed by atoms with Crippen molar-refractivity contribution in [3.05, 3.63) is 212 Å². The molecule has 0 saturated carbocycles. The van der Waals surface area contributed by atoms with Gasteiger partial charge in [0.25, 0.3) is 0 Å². The lowest BCUT2D eigenvalue weighted by atomic mass is 9.87. The second kappa shape index (κ2) is 12.7. The van der Waals surface area contributed by atoms with Crippen molar-refractivity contribution in [2.45, 2.75) is 0 Å². The van der Waals surface area contributed by atoms with E-state index in [0.29, 0.717) is 0 Å². The van der Waals surface area contributed by atoms with Gasteiger partial charge in [-0.25, -0.2) is 0 Å². The topological polar surface area (TPSA) is 3.24 Å². The average molecular weight is 698 g/mol. The van der Waals surface area contributed by atoms with E-state index >= 15 is 0 Å². The number of hydrogen-bond donors (Lipinski definition) is 0. The number of rotatable bonds is 5. The average Bonchev–Trinajstić information content (AvgIpc) is 3.26. The van der Waals surface area contributed by atoms with Gasteiger partial charge in [0.15, 0.2) is 0 Å². The van der Waals surface area contributed by atoms with Gasteiger partial charge < -0.3 is 4.90 Å². The Morgan fingerprint density at radius 1 is 0.273 bits per heavy atom. The Kier molecular flexibility index (Phi) is 7.25. The Balaban J connectivity index is 1.24. The van der Waals surface area contributed by atoms with Crippen LogP contribution in [0.4, 0.5) is 17.1 Å². The first-order valence-electron chi connectivity index (χ1n) is 19.0. The highest BCUT2D eigenvalue weighted by molar-refractivity contribution is 6.25. The molecule has 0 N–H and O–H groups in total. The largest absolute Gasteiger partial charge is 0.309 e. The van der Waals surface area contributed by atoms with Gasteiger partial charge >= 0.3 is 0 Å². The molecule has 11 rings (SSSR count). The molecule has 0 bridgehead atoms. The standard InChI is InChI=1S/C54H35N/c1-4-20-41-36(15-1)18-13-29-48(41)53-49-27-11-9-24-45(49)46-25-10-12-28-50(46)54(53)55(52-30-14-19-37-16-2-6-22-43(37)52)40-33-31-38(32-34-40)51-35-39-17-3-5-21-42(39)44-23-7-8-26-47(44)51/h1-35H. The van der Waals surface area contributed by atoms with E-state index in [-0.39, 0.29) is 0 Å². The van der Waals surface area contributed by atoms with Gasteiger partial charge in [0.2, 0.25) is 0 Å². The normalized spacial score (nSPS) is 11.6. The first-order valence-corrected chi connectivity index (χ1v) is 19.0. The Labute approximate surface area is 320 Å². The molecule has 0 atom stereocenters. The summed E-state index contributed by atoms with van der Waals surface area (Å²) in [5, 5.41) is 14.9. The molecule has 0 radical (unpaired) electrons. The van der Waals surface area contributed by atoms with Crippen LogP contribution < -0.4 is 4.90 Å². The molecule has 0 aliphatic carbocycles. The number of benzene rings is 11. The van der Waals surface area contributed by atoms with Crippen molar-refractivity contribution in [1.82, 2.24) is 0 Å². The molecule has 0 aliphatic rings. The lowest BCUT2D eigenvalue weighted by molar-refractivity contribution is 1.32. The van der Waals surface area contributed by atoms with Gasteiger partial charge in [0, 0.05) is 22.0 Å². The molecule has 1 heteroatoms. The first-order chi connectivity index (χ1) is 27.3. The highest BCUT2D eigenvalue weighted by Crippen LogP contribution is 2.52. The van der Waals surface area contributed by atoms with E-state index in [9.17, 15) is 0 Å². The molecule has 0 aliphatic heterocycles. The summed E-state index contributed by atoms with van der Waals surface area (Å²) >= 11 is 0. The maximum Gasteiger partial charge on any atom is 0.0625 e. The van der Waals surface area contributed by atoms with Crippen molar-refractivity contribution in [2.24, 2.45) is 0 Å². The van der Waals surface area contributed by atoms with Crippen molar-refractivity contribution >= 4 is 81.7 Å². The second-order valence-corrected chi connectivity index (χ2v) is 14.4. The van der Waals surface area contributed by atoms with Crippen LogP contribution in [0.1, 0.15) is 0 Å². The van der Waals surface area contributed by atoms with Gasteiger partial charge in [0.1, 0.15) is 0 Å². The molecule has 0 heterocycles. The lowest BCUT2D eigenvalue weighted by Crippen LogP contribution is -2.13. The highest BCUT2D eigenvalue weighted by atomic mass is 15.1. The molecule has 11 aromatic rings. The zero-order chi connectivity index (χ0) is 36.3. The van der Waals surface area contributed by atoms with E-state index in [0.717, 1.165) is 11.4 Å². The van der Waals surface area contributed by atoms with Gasteiger partial charge in [-0.15, -0.1) is 0 Å². The monoisotopic (exact) mass is 697 g/mol. The molecule has 0 aromatic heterocycles. The molecule has 55 heavy (non-hydrogen) atoms. The molecular formula is C54H35N. The molecule has 0 spiro atoms. The van der Waals surface area contributed by atoms with Gasteiger partial charge in [-0.3, -0.25) is 0 Å². The maximum atomic E-state index is 2.52. The van der Waals surface area contributed by atoms with Crippen LogP contribution in [-0.2, 0) is 0 Å². The minimum Gasteiger partial charge on any atom is -0.309 e. The fourth-order valence-corrected chi connectivity index (χ4v) is 8.95. The van der Waals surface area contributed by atoms with Crippen molar-refractivity contribution in [3.8, 4) is 22.3 Å². The third kappa shape index (κ3) is 5.01. The Bertz CT molecular complexity index is 3250. The zero-order valence-electron chi connectivity index (χ0n) is 30.2. The van der Waals surface area contributed by atoms with E-state index in [1.807, 2.05) is 0 Å². The van der Waals surface area contributed by atoms with Crippen LogP contribution in [0.15, 0.2) is 212 Å². The third-order valence-corrected chi connectivity index (χ3v) is 11.4. The molecule has 0 fully saturated rings. The highest BCUT2D eigenvalue weighted by Gasteiger charge is 2.25. The maximum absolute atomic E-state index is 2.52. The lowest BCUT2D eigenvalue weighted by Gasteiger charge is -2.32. The van der Waals surface area contributed by atoms with Gasteiger partial charge in [-0.05, 0) is 94.8 Å². The number of fused-ring (bicyclic) bond motifs is 8. The molecular weight excluding hydrogens is 663 g/mol. The summed E-state index contributed by atoms with van der Waals surface area (Å²) in [4.78, 5) is 2.52.